The second-order valence-electron chi connectivity index (χ2n) is 5.36. The van der Waals surface area contributed by atoms with Gasteiger partial charge in [0.2, 0.25) is 5.78 Å². The number of nitrogens with zero attached hydrogens (tertiary/aromatic N) is 3. The van der Waals surface area contributed by atoms with Gasteiger partial charge < -0.3 is 5.32 Å². The van der Waals surface area contributed by atoms with E-state index >= 15 is 0 Å². The summed E-state index contributed by atoms with van der Waals surface area (Å²) in [6.07, 6.45) is 2.27. The highest BCUT2D eigenvalue weighted by Gasteiger charge is 2.29. The van der Waals surface area contributed by atoms with Gasteiger partial charge in [-0.3, -0.25) is 9.59 Å². The Balaban J connectivity index is 2.10. The lowest BCUT2D eigenvalue weighted by molar-refractivity contribution is -0.117. The number of ketones is 1. The van der Waals surface area contributed by atoms with E-state index in [1.54, 1.807) is 29.6 Å². The molecule has 0 fully saturated rings. The van der Waals surface area contributed by atoms with E-state index in [1.807, 2.05) is 0 Å². The van der Waals surface area contributed by atoms with E-state index in [9.17, 15) is 14.9 Å². The van der Waals surface area contributed by atoms with Crippen molar-refractivity contribution in [2.45, 2.75) is 20.3 Å². The zero-order chi connectivity index (χ0) is 16.8. The first-order chi connectivity index (χ1) is 11.0. The molecule has 6 nitrogen and oxygen atoms in total. The molecule has 2 rings (SSSR count). The molecule has 1 amide bonds. The largest absolute Gasteiger partial charge is 0.309 e. The zero-order valence-corrected chi connectivity index (χ0v) is 13.6. The van der Waals surface area contributed by atoms with Gasteiger partial charge in [0.1, 0.15) is 11.5 Å². The number of carbonyl (C=O) groups is 2. The second kappa shape index (κ2) is 7.61. The molecule has 0 aromatic carbocycles. The SMILES string of the molecule is CC(C)Cc1nc(C(=O)[C@H](C#N)C(=O)Nc2ccccn2)cs1. The Hall–Kier alpha value is -2.59. The molecular weight excluding hydrogens is 312 g/mol. The van der Waals surface area contributed by atoms with Crippen LogP contribution in [-0.4, -0.2) is 21.7 Å². The maximum absolute atomic E-state index is 12.3. The van der Waals surface area contributed by atoms with Crippen molar-refractivity contribution in [1.29, 1.82) is 5.26 Å². The van der Waals surface area contributed by atoms with Crippen molar-refractivity contribution in [1.82, 2.24) is 9.97 Å². The predicted molar refractivity (Wildman–Crippen MR) is 87.0 cm³/mol. The molecule has 0 unspecified atom stereocenters. The lowest BCUT2D eigenvalue weighted by Crippen LogP contribution is -2.29. The van der Waals surface area contributed by atoms with Gasteiger partial charge in [-0.15, -0.1) is 11.3 Å². The van der Waals surface area contributed by atoms with Crippen LogP contribution in [0.3, 0.4) is 0 Å². The molecule has 23 heavy (non-hydrogen) atoms. The standard InChI is InChI=1S/C16H16N4O2S/c1-10(2)7-14-19-12(9-23-14)15(21)11(8-17)16(22)20-13-5-3-4-6-18-13/h3-6,9-11H,7H2,1-2H3,(H,18,20,22)/t11-/m0/s1. The third kappa shape index (κ3) is 4.44. The molecule has 118 valence electrons. The van der Waals surface area contributed by atoms with Gasteiger partial charge in [-0.2, -0.15) is 5.26 Å². The van der Waals surface area contributed by atoms with Crippen LogP contribution in [0.15, 0.2) is 29.8 Å². The molecule has 7 heteroatoms. The van der Waals surface area contributed by atoms with Crippen molar-refractivity contribution in [2.75, 3.05) is 5.32 Å². The summed E-state index contributed by atoms with van der Waals surface area (Å²) in [7, 11) is 0. The number of aromatic nitrogens is 2. The van der Waals surface area contributed by atoms with Gasteiger partial charge in [0.15, 0.2) is 5.92 Å². The summed E-state index contributed by atoms with van der Waals surface area (Å²) >= 11 is 1.36. The summed E-state index contributed by atoms with van der Waals surface area (Å²) < 4.78 is 0. The summed E-state index contributed by atoms with van der Waals surface area (Å²) in [6, 6.07) is 6.73. The summed E-state index contributed by atoms with van der Waals surface area (Å²) in [4.78, 5) is 32.6. The van der Waals surface area contributed by atoms with Crippen LogP contribution in [0.1, 0.15) is 29.3 Å². The Labute approximate surface area is 138 Å². The van der Waals surface area contributed by atoms with Gasteiger partial charge in [-0.1, -0.05) is 19.9 Å². The maximum atomic E-state index is 12.3. The van der Waals surface area contributed by atoms with Crippen molar-refractivity contribution in [2.24, 2.45) is 11.8 Å². The van der Waals surface area contributed by atoms with Gasteiger partial charge in [0.25, 0.3) is 5.91 Å². The summed E-state index contributed by atoms with van der Waals surface area (Å²) in [6.45, 7) is 4.11. The molecule has 0 aliphatic rings. The minimum absolute atomic E-state index is 0.161. The Morgan fingerprint density at radius 2 is 2.17 bits per heavy atom. The summed E-state index contributed by atoms with van der Waals surface area (Å²) in [5, 5.41) is 14.1. The Bertz CT molecular complexity index is 734. The molecule has 1 atom stereocenters. The molecule has 1 N–H and O–H groups in total. The highest BCUT2D eigenvalue weighted by Crippen LogP contribution is 2.17. The predicted octanol–water partition coefficient (Wildman–Crippen LogP) is 2.70. The monoisotopic (exact) mass is 328 g/mol. The van der Waals surface area contributed by atoms with E-state index in [2.05, 4.69) is 29.1 Å². The topological polar surface area (TPSA) is 95.7 Å². The Kier molecular flexibility index (Phi) is 5.55. The molecular formula is C16H16N4O2S. The Morgan fingerprint density at radius 1 is 1.39 bits per heavy atom. The van der Waals surface area contributed by atoms with Crippen LogP contribution in [0.5, 0.6) is 0 Å². The molecule has 0 spiro atoms. The number of thiazole rings is 1. The van der Waals surface area contributed by atoms with Gasteiger partial charge in [0, 0.05) is 18.0 Å². The number of hydrogen-bond donors (Lipinski definition) is 1. The minimum atomic E-state index is -1.44. The minimum Gasteiger partial charge on any atom is -0.309 e. The van der Waals surface area contributed by atoms with Crippen LogP contribution in [0.4, 0.5) is 5.82 Å². The average molecular weight is 328 g/mol. The third-order valence-electron chi connectivity index (χ3n) is 2.96. The van der Waals surface area contributed by atoms with Crippen LogP contribution in [-0.2, 0) is 11.2 Å². The summed E-state index contributed by atoms with van der Waals surface area (Å²) in [5.41, 5.74) is 0.161. The molecule has 0 bridgehead atoms. The van der Waals surface area contributed by atoms with E-state index < -0.39 is 17.6 Å². The lowest BCUT2D eigenvalue weighted by atomic mass is 10.0. The van der Waals surface area contributed by atoms with Gasteiger partial charge in [-0.25, -0.2) is 9.97 Å². The fourth-order valence-electron chi connectivity index (χ4n) is 1.89. The molecule has 2 aromatic heterocycles. The first kappa shape index (κ1) is 16.8. The first-order valence-electron chi connectivity index (χ1n) is 7.11. The van der Waals surface area contributed by atoms with Crippen LogP contribution >= 0.6 is 11.3 Å². The maximum Gasteiger partial charge on any atom is 0.250 e. The molecule has 0 saturated heterocycles. The van der Waals surface area contributed by atoms with Crippen LogP contribution in [0.2, 0.25) is 0 Å². The molecule has 2 heterocycles. The van der Waals surface area contributed by atoms with E-state index in [4.69, 9.17) is 0 Å². The number of rotatable bonds is 6. The molecule has 0 aliphatic heterocycles. The van der Waals surface area contributed by atoms with Crippen molar-refractivity contribution in [3.05, 3.63) is 40.5 Å². The van der Waals surface area contributed by atoms with E-state index in [0.29, 0.717) is 11.7 Å². The van der Waals surface area contributed by atoms with Crippen molar-refractivity contribution < 1.29 is 9.59 Å². The molecule has 0 saturated carbocycles. The number of Topliss-reactive ketones (excluding diaryl/α,β-unsaturated/α-hetero) is 1. The third-order valence-corrected chi connectivity index (χ3v) is 3.83. The molecule has 2 aromatic rings. The van der Waals surface area contributed by atoms with Crippen LogP contribution < -0.4 is 5.32 Å². The number of anilines is 1. The van der Waals surface area contributed by atoms with E-state index in [-0.39, 0.29) is 5.69 Å². The van der Waals surface area contributed by atoms with Gasteiger partial charge >= 0.3 is 0 Å². The first-order valence-corrected chi connectivity index (χ1v) is 7.99. The van der Waals surface area contributed by atoms with Gasteiger partial charge in [0.05, 0.1) is 11.1 Å². The highest BCUT2D eigenvalue weighted by atomic mass is 32.1. The average Bonchev–Trinajstić information content (AvgIpc) is 2.96. The molecule has 0 aliphatic carbocycles. The summed E-state index contributed by atoms with van der Waals surface area (Å²) in [5.74, 6) is -2.01. The Morgan fingerprint density at radius 3 is 2.78 bits per heavy atom. The number of pyridine rings is 1. The number of carbonyl (C=O) groups excluding carboxylic acids is 2. The number of amides is 1. The quantitative estimate of drug-likeness (QED) is 0.649. The van der Waals surface area contributed by atoms with Crippen molar-refractivity contribution >= 4 is 28.8 Å². The number of nitriles is 1. The molecule has 0 radical (unpaired) electrons. The number of nitrogens with one attached hydrogen (secondary N) is 1. The van der Waals surface area contributed by atoms with E-state index in [0.717, 1.165) is 11.4 Å². The smallest absolute Gasteiger partial charge is 0.250 e. The second-order valence-corrected chi connectivity index (χ2v) is 6.30. The lowest BCUT2D eigenvalue weighted by Gasteiger charge is -2.07. The highest BCUT2D eigenvalue weighted by molar-refractivity contribution is 7.09. The van der Waals surface area contributed by atoms with E-state index in [1.165, 1.54) is 17.5 Å². The fraction of sp³-hybridized carbons (Fsp3) is 0.312. The van der Waals surface area contributed by atoms with Gasteiger partial charge in [-0.05, 0) is 18.1 Å². The fourth-order valence-corrected chi connectivity index (χ4v) is 2.88. The van der Waals surface area contributed by atoms with Crippen molar-refractivity contribution in [3.8, 4) is 6.07 Å². The number of hydrogen-bond acceptors (Lipinski definition) is 6. The van der Waals surface area contributed by atoms with Crippen LogP contribution in [0.25, 0.3) is 0 Å². The normalized spacial score (nSPS) is 11.7. The van der Waals surface area contributed by atoms with Crippen molar-refractivity contribution in [3.63, 3.8) is 0 Å². The van der Waals surface area contributed by atoms with Crippen LogP contribution in [0, 0.1) is 23.2 Å². The zero-order valence-electron chi connectivity index (χ0n) is 12.8.